The van der Waals surface area contributed by atoms with Gasteiger partial charge in [0.05, 0.1) is 11.6 Å². The molecular formula is C14H16N2O2. The number of nitrogens with one attached hydrogen (secondary N) is 1. The molecule has 4 nitrogen and oxygen atoms in total. The van der Waals surface area contributed by atoms with Crippen molar-refractivity contribution in [3.63, 3.8) is 0 Å². The molecule has 2 rings (SSSR count). The molecular weight excluding hydrogens is 228 g/mol. The molecule has 0 spiro atoms. The number of nitriles is 1. The van der Waals surface area contributed by atoms with Crippen molar-refractivity contribution in [3.8, 4) is 11.8 Å². The summed E-state index contributed by atoms with van der Waals surface area (Å²) >= 11 is 0. The maximum Gasteiger partial charge on any atom is 0.258 e. The Bertz CT molecular complexity index is 470. The van der Waals surface area contributed by atoms with Crippen LogP contribution in [0.1, 0.15) is 31.7 Å². The number of carbonyl (C=O) groups is 1. The van der Waals surface area contributed by atoms with Crippen LogP contribution in [0.15, 0.2) is 24.3 Å². The normalized spacial score (nSPS) is 16.2. The topological polar surface area (TPSA) is 62.1 Å². The summed E-state index contributed by atoms with van der Waals surface area (Å²) < 4.78 is 5.36. The number of hydrogen-bond acceptors (Lipinski definition) is 3. The Kier molecular flexibility index (Phi) is 3.52. The van der Waals surface area contributed by atoms with Gasteiger partial charge in [-0.2, -0.15) is 5.26 Å². The minimum absolute atomic E-state index is 0.0154. The van der Waals surface area contributed by atoms with Gasteiger partial charge in [-0.3, -0.25) is 4.79 Å². The number of rotatable bonds is 4. The molecule has 1 amide bonds. The second-order valence-corrected chi connectivity index (χ2v) is 4.89. The lowest BCUT2D eigenvalue weighted by Gasteiger charge is -2.39. The predicted molar refractivity (Wildman–Crippen MR) is 67.1 cm³/mol. The van der Waals surface area contributed by atoms with Crippen molar-refractivity contribution in [1.82, 2.24) is 5.32 Å². The first kappa shape index (κ1) is 12.4. The fraction of sp³-hybridized carbons (Fsp3) is 0.429. The Morgan fingerprint density at radius 2 is 2.11 bits per heavy atom. The number of amides is 1. The summed E-state index contributed by atoms with van der Waals surface area (Å²) in [7, 11) is 0. The van der Waals surface area contributed by atoms with E-state index < -0.39 is 0 Å². The highest BCUT2D eigenvalue weighted by Gasteiger charge is 2.33. The maximum atomic E-state index is 11.7. The summed E-state index contributed by atoms with van der Waals surface area (Å²) in [6, 6.07) is 8.75. The van der Waals surface area contributed by atoms with E-state index in [1.807, 2.05) is 6.07 Å². The Labute approximate surface area is 107 Å². The zero-order valence-electron chi connectivity index (χ0n) is 10.4. The quantitative estimate of drug-likeness (QED) is 0.881. The molecule has 0 aliphatic heterocycles. The minimum Gasteiger partial charge on any atom is -0.484 e. The molecule has 1 N–H and O–H groups in total. The van der Waals surface area contributed by atoms with Gasteiger partial charge in [-0.1, -0.05) is 0 Å². The molecule has 0 saturated heterocycles. The minimum atomic E-state index is -0.0958. The first-order valence-corrected chi connectivity index (χ1v) is 6.05. The highest BCUT2D eigenvalue weighted by atomic mass is 16.5. The standard InChI is InChI=1S/C14H16N2O2/c1-14(7-2-8-14)16-13(17)10-18-12-5-3-11(9-15)4-6-12/h3-6H,2,7-8,10H2,1H3,(H,16,17). The lowest BCUT2D eigenvalue weighted by atomic mass is 9.78. The molecule has 1 fully saturated rings. The smallest absolute Gasteiger partial charge is 0.258 e. The van der Waals surface area contributed by atoms with Crippen LogP contribution in [0.3, 0.4) is 0 Å². The molecule has 0 radical (unpaired) electrons. The molecule has 94 valence electrons. The average molecular weight is 244 g/mol. The SMILES string of the molecule is CC1(NC(=O)COc2ccc(C#N)cc2)CCC1. The first-order chi connectivity index (χ1) is 8.61. The number of carbonyl (C=O) groups excluding carboxylic acids is 1. The monoisotopic (exact) mass is 244 g/mol. The Balaban J connectivity index is 1.80. The Morgan fingerprint density at radius 3 is 2.61 bits per heavy atom. The molecule has 1 saturated carbocycles. The largest absolute Gasteiger partial charge is 0.484 e. The van der Waals surface area contributed by atoms with E-state index in [1.165, 1.54) is 6.42 Å². The zero-order chi connectivity index (χ0) is 13.0. The van der Waals surface area contributed by atoms with Crippen LogP contribution in [0.5, 0.6) is 5.75 Å². The molecule has 1 aromatic carbocycles. The molecule has 1 aromatic rings. The molecule has 0 heterocycles. The van der Waals surface area contributed by atoms with Crippen LogP contribution in [0.2, 0.25) is 0 Å². The van der Waals surface area contributed by atoms with Gasteiger partial charge in [-0.15, -0.1) is 0 Å². The van der Waals surface area contributed by atoms with Gasteiger partial charge in [-0.05, 0) is 50.5 Å². The van der Waals surface area contributed by atoms with Gasteiger partial charge >= 0.3 is 0 Å². The van der Waals surface area contributed by atoms with Gasteiger partial charge < -0.3 is 10.1 Å². The highest BCUT2D eigenvalue weighted by molar-refractivity contribution is 5.78. The Hall–Kier alpha value is -2.02. The summed E-state index contributed by atoms with van der Waals surface area (Å²) in [4.78, 5) is 11.7. The van der Waals surface area contributed by atoms with Crippen LogP contribution >= 0.6 is 0 Å². The molecule has 0 atom stereocenters. The second-order valence-electron chi connectivity index (χ2n) is 4.89. The third-order valence-corrected chi connectivity index (χ3v) is 3.25. The summed E-state index contributed by atoms with van der Waals surface area (Å²) in [5.74, 6) is 0.504. The second kappa shape index (κ2) is 5.09. The van der Waals surface area contributed by atoms with E-state index in [4.69, 9.17) is 10.00 Å². The van der Waals surface area contributed by atoms with Crippen molar-refractivity contribution < 1.29 is 9.53 Å². The maximum absolute atomic E-state index is 11.7. The lowest BCUT2D eigenvalue weighted by molar-refractivity contribution is -0.125. The van der Waals surface area contributed by atoms with Crippen LogP contribution in [0.25, 0.3) is 0 Å². The number of benzene rings is 1. The summed E-state index contributed by atoms with van der Waals surface area (Å²) in [5, 5.41) is 11.6. The third-order valence-electron chi connectivity index (χ3n) is 3.25. The molecule has 0 unspecified atom stereocenters. The van der Waals surface area contributed by atoms with Crippen LogP contribution in [-0.2, 0) is 4.79 Å². The molecule has 18 heavy (non-hydrogen) atoms. The zero-order valence-corrected chi connectivity index (χ0v) is 10.4. The van der Waals surface area contributed by atoms with Crippen molar-refractivity contribution in [3.05, 3.63) is 29.8 Å². The molecule has 4 heteroatoms. The first-order valence-electron chi connectivity index (χ1n) is 6.05. The average Bonchev–Trinajstić information content (AvgIpc) is 2.35. The van der Waals surface area contributed by atoms with E-state index in [9.17, 15) is 4.79 Å². The van der Waals surface area contributed by atoms with Gasteiger partial charge in [0, 0.05) is 5.54 Å². The third kappa shape index (κ3) is 3.01. The lowest BCUT2D eigenvalue weighted by Crippen LogP contribution is -2.52. The van der Waals surface area contributed by atoms with E-state index in [1.54, 1.807) is 24.3 Å². The van der Waals surface area contributed by atoms with Gasteiger partial charge in [0.25, 0.3) is 5.91 Å². The summed E-state index contributed by atoms with van der Waals surface area (Å²) in [6.07, 6.45) is 3.25. The van der Waals surface area contributed by atoms with E-state index in [0.717, 1.165) is 12.8 Å². The van der Waals surface area contributed by atoms with Crippen LogP contribution in [0, 0.1) is 11.3 Å². The molecule has 1 aliphatic rings. The van der Waals surface area contributed by atoms with Crippen LogP contribution in [-0.4, -0.2) is 18.1 Å². The molecule has 0 aromatic heterocycles. The highest BCUT2D eigenvalue weighted by Crippen LogP contribution is 2.30. The summed E-state index contributed by atoms with van der Waals surface area (Å²) in [5.41, 5.74) is 0.541. The van der Waals surface area contributed by atoms with Crippen molar-refractivity contribution in [1.29, 1.82) is 5.26 Å². The van der Waals surface area contributed by atoms with Crippen LogP contribution < -0.4 is 10.1 Å². The van der Waals surface area contributed by atoms with Gasteiger partial charge in [0.1, 0.15) is 5.75 Å². The van der Waals surface area contributed by atoms with E-state index in [2.05, 4.69) is 12.2 Å². The fourth-order valence-electron chi connectivity index (χ4n) is 1.98. The van der Waals surface area contributed by atoms with E-state index in [0.29, 0.717) is 11.3 Å². The van der Waals surface area contributed by atoms with E-state index >= 15 is 0 Å². The number of ether oxygens (including phenoxy) is 1. The molecule has 0 bridgehead atoms. The molecule has 1 aliphatic carbocycles. The Morgan fingerprint density at radius 1 is 1.44 bits per heavy atom. The van der Waals surface area contributed by atoms with Crippen molar-refractivity contribution in [2.24, 2.45) is 0 Å². The fourth-order valence-corrected chi connectivity index (χ4v) is 1.98. The van der Waals surface area contributed by atoms with Crippen molar-refractivity contribution >= 4 is 5.91 Å². The van der Waals surface area contributed by atoms with Gasteiger partial charge in [0.2, 0.25) is 0 Å². The van der Waals surface area contributed by atoms with Crippen LogP contribution in [0.4, 0.5) is 0 Å². The number of nitrogens with zero attached hydrogens (tertiary/aromatic N) is 1. The predicted octanol–water partition coefficient (Wildman–Crippen LogP) is 2.00. The van der Waals surface area contributed by atoms with E-state index in [-0.39, 0.29) is 18.1 Å². The van der Waals surface area contributed by atoms with Gasteiger partial charge in [-0.25, -0.2) is 0 Å². The van der Waals surface area contributed by atoms with Gasteiger partial charge in [0.15, 0.2) is 6.61 Å². The van der Waals surface area contributed by atoms with Crippen molar-refractivity contribution in [2.75, 3.05) is 6.61 Å². The summed E-state index contributed by atoms with van der Waals surface area (Å²) in [6.45, 7) is 2.07. The number of hydrogen-bond donors (Lipinski definition) is 1. The van der Waals surface area contributed by atoms with Crippen molar-refractivity contribution in [2.45, 2.75) is 31.7 Å².